The van der Waals surface area contributed by atoms with Crippen molar-refractivity contribution in [3.05, 3.63) is 58.9 Å². The zero-order chi connectivity index (χ0) is 13.1. The number of carbonyl (C=O) groups is 1. The summed E-state index contributed by atoms with van der Waals surface area (Å²) in [5, 5.41) is 3.27. The number of halogens is 2. The Hall–Kier alpha value is -1.52. The number of benzene rings is 2. The van der Waals surface area contributed by atoms with Crippen molar-refractivity contribution in [2.24, 2.45) is 0 Å². The van der Waals surface area contributed by atoms with E-state index in [0.29, 0.717) is 16.3 Å². The molecule has 18 heavy (non-hydrogen) atoms. The maximum absolute atomic E-state index is 13.0. The Morgan fingerprint density at radius 2 is 1.83 bits per heavy atom. The highest BCUT2D eigenvalue weighted by atomic mass is 35.5. The first-order valence-corrected chi connectivity index (χ1v) is 5.94. The van der Waals surface area contributed by atoms with Crippen molar-refractivity contribution >= 4 is 35.8 Å². The molecule has 0 aliphatic rings. The maximum atomic E-state index is 13.0. The first kappa shape index (κ1) is 12.9. The Labute approximate surface area is 114 Å². The first-order valence-electron chi connectivity index (χ1n) is 5.12. The lowest BCUT2D eigenvalue weighted by Crippen LogP contribution is -2.11. The minimum Gasteiger partial charge on any atom is -0.322 e. The zero-order valence-electron chi connectivity index (χ0n) is 9.15. The molecule has 2 rings (SSSR count). The molecule has 0 spiro atoms. The second-order valence-corrected chi connectivity index (χ2v) is 4.55. The Bertz CT molecular complexity index is 586. The number of hydrogen-bond acceptors (Lipinski definition) is 2. The van der Waals surface area contributed by atoms with Gasteiger partial charge in [-0.1, -0.05) is 11.6 Å². The highest BCUT2D eigenvalue weighted by molar-refractivity contribution is 7.80. The largest absolute Gasteiger partial charge is 0.322 e. The van der Waals surface area contributed by atoms with Gasteiger partial charge in [-0.25, -0.2) is 4.39 Å². The standard InChI is InChI=1S/C13H9ClFNOS/c14-9-2-4-10(5-3-9)16-13(17)8-1-6-11(15)12(18)7-8/h1-7,18H,(H,16,17). The fourth-order valence-electron chi connectivity index (χ4n) is 1.39. The molecule has 0 radical (unpaired) electrons. The van der Waals surface area contributed by atoms with E-state index in [1.54, 1.807) is 24.3 Å². The Kier molecular flexibility index (Phi) is 3.89. The molecule has 0 fully saturated rings. The maximum Gasteiger partial charge on any atom is 0.255 e. The van der Waals surface area contributed by atoms with Gasteiger partial charge in [0, 0.05) is 21.2 Å². The summed E-state index contributed by atoms with van der Waals surface area (Å²) >= 11 is 9.67. The molecular weight excluding hydrogens is 273 g/mol. The molecule has 2 nitrogen and oxygen atoms in total. The predicted octanol–water partition coefficient (Wildman–Crippen LogP) is 4.02. The molecule has 2 aromatic carbocycles. The minimum absolute atomic E-state index is 0.138. The van der Waals surface area contributed by atoms with Crippen molar-refractivity contribution in [2.75, 3.05) is 5.32 Å². The number of amides is 1. The van der Waals surface area contributed by atoms with Crippen LogP contribution in [-0.2, 0) is 0 Å². The van der Waals surface area contributed by atoms with Gasteiger partial charge in [-0.2, -0.15) is 0 Å². The second kappa shape index (κ2) is 5.42. The lowest BCUT2D eigenvalue weighted by molar-refractivity contribution is 0.102. The van der Waals surface area contributed by atoms with Gasteiger partial charge < -0.3 is 5.32 Å². The molecule has 0 heterocycles. The van der Waals surface area contributed by atoms with Gasteiger partial charge in [0.1, 0.15) is 5.82 Å². The van der Waals surface area contributed by atoms with Crippen molar-refractivity contribution in [3.63, 3.8) is 0 Å². The Morgan fingerprint density at radius 3 is 2.44 bits per heavy atom. The normalized spacial score (nSPS) is 10.2. The third kappa shape index (κ3) is 3.03. The van der Waals surface area contributed by atoms with Crippen molar-refractivity contribution in [1.29, 1.82) is 0 Å². The summed E-state index contributed by atoms with van der Waals surface area (Å²) < 4.78 is 13.0. The van der Waals surface area contributed by atoms with Gasteiger partial charge in [0.2, 0.25) is 0 Å². The molecular formula is C13H9ClFNOS. The van der Waals surface area contributed by atoms with E-state index >= 15 is 0 Å². The smallest absolute Gasteiger partial charge is 0.255 e. The fourth-order valence-corrected chi connectivity index (χ4v) is 1.73. The van der Waals surface area contributed by atoms with Gasteiger partial charge in [-0.05, 0) is 42.5 Å². The Balaban J connectivity index is 2.16. The molecule has 0 aliphatic carbocycles. The van der Waals surface area contributed by atoms with Crippen LogP contribution >= 0.6 is 24.2 Å². The molecule has 0 saturated carbocycles. The Morgan fingerprint density at radius 1 is 1.17 bits per heavy atom. The summed E-state index contributed by atoms with van der Waals surface area (Å²) in [6, 6.07) is 10.7. The summed E-state index contributed by atoms with van der Waals surface area (Å²) in [4.78, 5) is 12.0. The predicted molar refractivity (Wildman–Crippen MR) is 73.1 cm³/mol. The summed E-state index contributed by atoms with van der Waals surface area (Å²) in [6.45, 7) is 0. The van der Waals surface area contributed by atoms with Crippen LogP contribution in [0.3, 0.4) is 0 Å². The molecule has 0 aliphatic heterocycles. The summed E-state index contributed by atoms with van der Waals surface area (Å²) in [6.07, 6.45) is 0. The van der Waals surface area contributed by atoms with E-state index in [-0.39, 0.29) is 10.8 Å². The van der Waals surface area contributed by atoms with Crippen LogP contribution in [0.25, 0.3) is 0 Å². The summed E-state index contributed by atoms with van der Waals surface area (Å²) in [7, 11) is 0. The number of rotatable bonds is 2. The molecule has 2 aromatic rings. The second-order valence-electron chi connectivity index (χ2n) is 3.63. The van der Waals surface area contributed by atoms with Crippen LogP contribution in [0, 0.1) is 5.82 Å². The topological polar surface area (TPSA) is 29.1 Å². The number of nitrogens with one attached hydrogen (secondary N) is 1. The van der Waals surface area contributed by atoms with Gasteiger partial charge in [0.25, 0.3) is 5.91 Å². The van der Waals surface area contributed by atoms with Crippen LogP contribution in [0.1, 0.15) is 10.4 Å². The third-order valence-electron chi connectivity index (χ3n) is 2.31. The van der Waals surface area contributed by atoms with Crippen LogP contribution in [0.2, 0.25) is 5.02 Å². The van der Waals surface area contributed by atoms with Crippen molar-refractivity contribution in [1.82, 2.24) is 0 Å². The van der Waals surface area contributed by atoms with E-state index in [0.717, 1.165) is 0 Å². The molecule has 0 atom stereocenters. The van der Waals surface area contributed by atoms with E-state index in [2.05, 4.69) is 17.9 Å². The molecule has 0 unspecified atom stereocenters. The van der Waals surface area contributed by atoms with Crippen LogP contribution in [0.15, 0.2) is 47.4 Å². The van der Waals surface area contributed by atoms with Gasteiger partial charge >= 0.3 is 0 Å². The van der Waals surface area contributed by atoms with Gasteiger partial charge in [0.05, 0.1) is 0 Å². The van der Waals surface area contributed by atoms with E-state index in [1.165, 1.54) is 18.2 Å². The van der Waals surface area contributed by atoms with Crippen LogP contribution in [-0.4, -0.2) is 5.91 Å². The van der Waals surface area contributed by atoms with E-state index in [9.17, 15) is 9.18 Å². The summed E-state index contributed by atoms with van der Waals surface area (Å²) in [5.41, 5.74) is 0.964. The third-order valence-corrected chi connectivity index (χ3v) is 2.91. The number of thiol groups is 1. The average molecular weight is 282 g/mol. The van der Waals surface area contributed by atoms with Crippen LogP contribution in [0.4, 0.5) is 10.1 Å². The van der Waals surface area contributed by atoms with E-state index in [1.807, 2.05) is 0 Å². The van der Waals surface area contributed by atoms with E-state index in [4.69, 9.17) is 11.6 Å². The molecule has 0 bridgehead atoms. The molecule has 0 saturated heterocycles. The van der Waals surface area contributed by atoms with Crippen molar-refractivity contribution in [3.8, 4) is 0 Å². The first-order chi connectivity index (χ1) is 8.56. The van der Waals surface area contributed by atoms with Gasteiger partial charge in [0.15, 0.2) is 0 Å². The SMILES string of the molecule is O=C(Nc1ccc(Cl)cc1)c1ccc(F)c(S)c1. The van der Waals surface area contributed by atoms with E-state index < -0.39 is 5.82 Å². The van der Waals surface area contributed by atoms with Crippen LogP contribution < -0.4 is 5.32 Å². The number of carbonyl (C=O) groups excluding carboxylic acids is 1. The lowest BCUT2D eigenvalue weighted by atomic mass is 10.2. The number of hydrogen-bond donors (Lipinski definition) is 2. The highest BCUT2D eigenvalue weighted by Crippen LogP contribution is 2.17. The summed E-state index contributed by atoms with van der Waals surface area (Å²) in [5.74, 6) is -0.783. The van der Waals surface area contributed by atoms with Crippen molar-refractivity contribution in [2.45, 2.75) is 4.90 Å². The van der Waals surface area contributed by atoms with Crippen LogP contribution in [0.5, 0.6) is 0 Å². The number of anilines is 1. The molecule has 92 valence electrons. The molecule has 5 heteroatoms. The van der Waals surface area contributed by atoms with Crippen molar-refractivity contribution < 1.29 is 9.18 Å². The average Bonchev–Trinajstić information content (AvgIpc) is 2.35. The molecule has 0 aromatic heterocycles. The molecule has 1 amide bonds. The monoisotopic (exact) mass is 281 g/mol. The quantitative estimate of drug-likeness (QED) is 0.800. The minimum atomic E-state index is -0.457. The molecule has 1 N–H and O–H groups in total. The lowest BCUT2D eigenvalue weighted by Gasteiger charge is -2.06. The zero-order valence-corrected chi connectivity index (χ0v) is 10.8. The fraction of sp³-hybridized carbons (Fsp3) is 0. The highest BCUT2D eigenvalue weighted by Gasteiger charge is 2.08. The van der Waals surface area contributed by atoms with Gasteiger partial charge in [-0.15, -0.1) is 12.6 Å². The van der Waals surface area contributed by atoms with Gasteiger partial charge in [-0.3, -0.25) is 4.79 Å².